The zero-order valence-electron chi connectivity index (χ0n) is 13.5. The number of amides is 2. The Bertz CT molecular complexity index is 596. The predicted molar refractivity (Wildman–Crippen MR) is 79.5 cm³/mol. The number of rotatable bonds is 5. The topological polar surface area (TPSA) is 102 Å². The Kier molecular flexibility index (Phi) is 5.36. The Morgan fingerprint density at radius 2 is 2.26 bits per heavy atom. The first-order chi connectivity index (χ1) is 10.9. The monoisotopic (exact) mass is 323 g/mol. The normalized spacial score (nSPS) is 18.0. The Balaban J connectivity index is 2.08. The van der Waals surface area contributed by atoms with E-state index in [1.54, 1.807) is 6.92 Å². The van der Waals surface area contributed by atoms with Gasteiger partial charge < -0.3 is 19.5 Å². The van der Waals surface area contributed by atoms with Crippen LogP contribution in [0.5, 0.6) is 0 Å². The number of ether oxygens (including phenoxy) is 1. The number of aryl methyl sites for hydroxylation is 1. The van der Waals surface area contributed by atoms with Gasteiger partial charge in [-0.2, -0.15) is 0 Å². The van der Waals surface area contributed by atoms with Crippen molar-refractivity contribution >= 4 is 17.8 Å². The summed E-state index contributed by atoms with van der Waals surface area (Å²) in [6.45, 7) is 6.44. The first kappa shape index (κ1) is 17.0. The molecule has 0 radical (unpaired) electrons. The second kappa shape index (κ2) is 7.26. The molecule has 1 unspecified atom stereocenters. The number of carbonyl (C=O) groups is 3. The van der Waals surface area contributed by atoms with E-state index in [2.05, 4.69) is 10.5 Å². The van der Waals surface area contributed by atoms with Crippen molar-refractivity contribution in [3.05, 3.63) is 17.5 Å². The molecule has 2 rings (SSSR count). The fraction of sp³-hybridized carbons (Fsp3) is 0.600. The molecule has 1 fully saturated rings. The van der Waals surface area contributed by atoms with Crippen LogP contribution in [0.3, 0.4) is 0 Å². The van der Waals surface area contributed by atoms with Crippen LogP contribution in [0, 0.1) is 12.8 Å². The van der Waals surface area contributed by atoms with Crippen molar-refractivity contribution in [2.75, 3.05) is 19.7 Å². The SMILES string of the molecule is Cc1cc(C(=O)N2CCNC(=O)C2CC(=O)OCC(C)C)on1. The molecule has 0 saturated carbocycles. The molecule has 2 amide bonds. The van der Waals surface area contributed by atoms with Crippen molar-refractivity contribution in [2.24, 2.45) is 5.92 Å². The van der Waals surface area contributed by atoms with Crippen LogP contribution >= 0.6 is 0 Å². The highest BCUT2D eigenvalue weighted by atomic mass is 16.5. The van der Waals surface area contributed by atoms with Crippen LogP contribution in [0.2, 0.25) is 0 Å². The van der Waals surface area contributed by atoms with E-state index in [1.807, 2.05) is 13.8 Å². The summed E-state index contributed by atoms with van der Waals surface area (Å²) in [4.78, 5) is 37.8. The highest BCUT2D eigenvalue weighted by Gasteiger charge is 2.36. The summed E-state index contributed by atoms with van der Waals surface area (Å²) in [6, 6.07) is 0.601. The van der Waals surface area contributed by atoms with Gasteiger partial charge in [0.25, 0.3) is 5.91 Å². The van der Waals surface area contributed by atoms with Gasteiger partial charge in [0.15, 0.2) is 0 Å². The van der Waals surface area contributed by atoms with Gasteiger partial charge in [-0.25, -0.2) is 0 Å². The molecular formula is C15H21N3O5. The molecule has 8 heteroatoms. The van der Waals surface area contributed by atoms with E-state index in [0.29, 0.717) is 18.8 Å². The van der Waals surface area contributed by atoms with Gasteiger partial charge in [-0.05, 0) is 12.8 Å². The van der Waals surface area contributed by atoms with E-state index in [1.165, 1.54) is 11.0 Å². The maximum absolute atomic E-state index is 12.5. The second-order valence-electron chi connectivity index (χ2n) is 5.92. The van der Waals surface area contributed by atoms with Crippen molar-refractivity contribution in [1.82, 2.24) is 15.4 Å². The third kappa shape index (κ3) is 4.30. The molecular weight excluding hydrogens is 302 g/mol. The standard InChI is InChI=1S/C15H21N3O5/c1-9(2)8-22-13(19)7-11-14(20)16-4-5-18(11)15(21)12-6-10(3)17-23-12/h6,9,11H,4-5,7-8H2,1-3H3,(H,16,20). The first-order valence-corrected chi connectivity index (χ1v) is 7.56. The minimum absolute atomic E-state index is 0.0535. The van der Waals surface area contributed by atoms with Crippen LogP contribution in [0.15, 0.2) is 10.6 Å². The van der Waals surface area contributed by atoms with Gasteiger partial charge in [0, 0.05) is 19.2 Å². The largest absolute Gasteiger partial charge is 0.465 e. The molecule has 126 valence electrons. The first-order valence-electron chi connectivity index (χ1n) is 7.56. The van der Waals surface area contributed by atoms with Crippen LogP contribution in [0.4, 0.5) is 0 Å². The fourth-order valence-corrected chi connectivity index (χ4v) is 2.24. The molecule has 8 nitrogen and oxygen atoms in total. The molecule has 2 heterocycles. The minimum Gasteiger partial charge on any atom is -0.465 e. The molecule has 23 heavy (non-hydrogen) atoms. The summed E-state index contributed by atoms with van der Waals surface area (Å²) < 4.78 is 10.1. The van der Waals surface area contributed by atoms with Gasteiger partial charge in [-0.15, -0.1) is 0 Å². The number of piperazine rings is 1. The van der Waals surface area contributed by atoms with Crippen molar-refractivity contribution in [3.63, 3.8) is 0 Å². The van der Waals surface area contributed by atoms with Crippen molar-refractivity contribution in [1.29, 1.82) is 0 Å². The van der Waals surface area contributed by atoms with Crippen molar-refractivity contribution < 1.29 is 23.6 Å². The number of aromatic nitrogens is 1. The van der Waals surface area contributed by atoms with Crippen LogP contribution in [0.25, 0.3) is 0 Å². The number of nitrogens with one attached hydrogen (secondary N) is 1. The van der Waals surface area contributed by atoms with Gasteiger partial charge in [-0.3, -0.25) is 14.4 Å². The maximum Gasteiger partial charge on any atom is 0.308 e. The van der Waals surface area contributed by atoms with Crippen molar-refractivity contribution in [2.45, 2.75) is 33.2 Å². The quantitative estimate of drug-likeness (QED) is 0.792. The van der Waals surface area contributed by atoms with Gasteiger partial charge >= 0.3 is 5.97 Å². The van der Waals surface area contributed by atoms with E-state index in [0.717, 1.165) is 0 Å². The highest BCUT2D eigenvalue weighted by molar-refractivity contribution is 5.97. The number of hydrogen-bond donors (Lipinski definition) is 1. The van der Waals surface area contributed by atoms with Crippen LogP contribution < -0.4 is 5.32 Å². The maximum atomic E-state index is 12.5. The average molecular weight is 323 g/mol. The Morgan fingerprint density at radius 1 is 1.52 bits per heavy atom. The Hall–Kier alpha value is -2.38. The fourth-order valence-electron chi connectivity index (χ4n) is 2.24. The summed E-state index contributed by atoms with van der Waals surface area (Å²) in [5.41, 5.74) is 0.572. The third-order valence-electron chi connectivity index (χ3n) is 3.37. The smallest absolute Gasteiger partial charge is 0.308 e. The van der Waals surface area contributed by atoms with E-state index in [9.17, 15) is 14.4 Å². The molecule has 1 N–H and O–H groups in total. The Morgan fingerprint density at radius 3 is 2.87 bits per heavy atom. The van der Waals surface area contributed by atoms with E-state index in [-0.39, 0.29) is 30.6 Å². The lowest BCUT2D eigenvalue weighted by molar-refractivity contribution is -0.148. The zero-order chi connectivity index (χ0) is 17.0. The van der Waals surface area contributed by atoms with Crippen LogP contribution in [-0.2, 0) is 14.3 Å². The van der Waals surface area contributed by atoms with E-state index in [4.69, 9.17) is 9.26 Å². The van der Waals surface area contributed by atoms with Gasteiger partial charge in [-0.1, -0.05) is 19.0 Å². The van der Waals surface area contributed by atoms with E-state index < -0.39 is 17.9 Å². The summed E-state index contributed by atoms with van der Waals surface area (Å²) in [7, 11) is 0. The molecule has 0 aliphatic carbocycles. The Labute approximate surface area is 134 Å². The molecule has 0 spiro atoms. The lowest BCUT2D eigenvalue weighted by Gasteiger charge is -2.33. The molecule has 1 aromatic heterocycles. The summed E-state index contributed by atoms with van der Waals surface area (Å²) in [5, 5.41) is 6.33. The van der Waals surface area contributed by atoms with Gasteiger partial charge in [0.05, 0.1) is 18.7 Å². The van der Waals surface area contributed by atoms with Gasteiger partial charge in [0.2, 0.25) is 11.7 Å². The molecule has 0 aromatic carbocycles. The second-order valence-corrected chi connectivity index (χ2v) is 5.92. The lowest BCUT2D eigenvalue weighted by Crippen LogP contribution is -2.57. The predicted octanol–water partition coefficient (Wildman–Crippen LogP) is 0.513. The van der Waals surface area contributed by atoms with Gasteiger partial charge in [0.1, 0.15) is 6.04 Å². The highest BCUT2D eigenvalue weighted by Crippen LogP contribution is 2.15. The number of nitrogens with zero attached hydrogens (tertiary/aromatic N) is 2. The lowest BCUT2D eigenvalue weighted by atomic mass is 10.1. The average Bonchev–Trinajstić information content (AvgIpc) is 2.93. The molecule has 1 saturated heterocycles. The summed E-state index contributed by atoms with van der Waals surface area (Å²) in [6.07, 6.45) is -0.183. The van der Waals surface area contributed by atoms with Crippen LogP contribution in [-0.4, -0.2) is 53.6 Å². The zero-order valence-corrected chi connectivity index (χ0v) is 13.5. The van der Waals surface area contributed by atoms with E-state index >= 15 is 0 Å². The summed E-state index contributed by atoms with van der Waals surface area (Å²) in [5.74, 6) is -1.08. The molecule has 1 atom stereocenters. The third-order valence-corrected chi connectivity index (χ3v) is 3.37. The van der Waals surface area contributed by atoms with Crippen LogP contribution in [0.1, 0.15) is 36.5 Å². The van der Waals surface area contributed by atoms with Crippen molar-refractivity contribution in [3.8, 4) is 0 Å². The molecule has 1 aliphatic heterocycles. The molecule has 1 aliphatic rings. The number of carbonyl (C=O) groups excluding carboxylic acids is 3. The summed E-state index contributed by atoms with van der Waals surface area (Å²) >= 11 is 0. The minimum atomic E-state index is -0.902. The molecule has 0 bridgehead atoms. The number of hydrogen-bond acceptors (Lipinski definition) is 6. The molecule has 1 aromatic rings. The number of esters is 1.